The summed E-state index contributed by atoms with van der Waals surface area (Å²) in [7, 11) is 0. The zero-order valence-corrected chi connectivity index (χ0v) is 20.6. The highest BCUT2D eigenvalue weighted by atomic mass is 32.2. The number of benzene rings is 1. The molecule has 0 bridgehead atoms. The molecular formula is C24H31N3O3S2. The molecule has 1 aliphatic rings. The lowest BCUT2D eigenvalue weighted by atomic mass is 10.0. The summed E-state index contributed by atoms with van der Waals surface area (Å²) in [4.78, 5) is 20.2. The van der Waals surface area contributed by atoms with Gasteiger partial charge < -0.3 is 14.5 Å². The van der Waals surface area contributed by atoms with E-state index in [-0.39, 0.29) is 5.91 Å². The molecule has 1 aromatic carbocycles. The minimum atomic E-state index is -0.144. The first kappa shape index (κ1) is 23.3. The summed E-state index contributed by atoms with van der Waals surface area (Å²) in [6.45, 7) is 10.4. The van der Waals surface area contributed by atoms with E-state index in [0.29, 0.717) is 30.0 Å². The highest BCUT2D eigenvalue weighted by Gasteiger charge is 2.25. The standard InChI is InChI=1S/C24H31N3O3S2/c1-16(2)12-18(27-8-10-29-11-9-27)13-25-23(28)22-20(15-32-24-26-17(3)14-31-24)19-6-4-5-7-21(19)30-22/h4-7,14,16,18H,8-13,15H2,1-3H3,(H,25,28). The summed E-state index contributed by atoms with van der Waals surface area (Å²) in [5.74, 6) is 1.47. The van der Waals surface area contributed by atoms with Crippen LogP contribution >= 0.6 is 23.1 Å². The van der Waals surface area contributed by atoms with Crippen LogP contribution in [0.2, 0.25) is 0 Å². The number of fused-ring (bicyclic) bond motifs is 1. The van der Waals surface area contributed by atoms with Gasteiger partial charge in [0.05, 0.1) is 13.2 Å². The third-order valence-corrected chi connectivity index (χ3v) is 7.81. The smallest absolute Gasteiger partial charge is 0.287 e. The summed E-state index contributed by atoms with van der Waals surface area (Å²) in [6.07, 6.45) is 1.03. The molecule has 32 heavy (non-hydrogen) atoms. The van der Waals surface area contributed by atoms with Gasteiger partial charge in [0.15, 0.2) is 5.76 Å². The molecule has 1 N–H and O–H groups in total. The molecular weight excluding hydrogens is 442 g/mol. The van der Waals surface area contributed by atoms with E-state index in [0.717, 1.165) is 59.3 Å². The maximum Gasteiger partial charge on any atom is 0.287 e. The number of para-hydroxylation sites is 1. The van der Waals surface area contributed by atoms with Crippen molar-refractivity contribution < 1.29 is 13.9 Å². The average molecular weight is 474 g/mol. The second kappa shape index (κ2) is 10.8. The number of morpholine rings is 1. The van der Waals surface area contributed by atoms with Crippen LogP contribution in [0.4, 0.5) is 0 Å². The van der Waals surface area contributed by atoms with Gasteiger partial charge in [-0.2, -0.15) is 0 Å². The second-order valence-corrected chi connectivity index (χ2v) is 10.7. The molecule has 1 amide bonds. The first-order valence-corrected chi connectivity index (χ1v) is 13.0. The van der Waals surface area contributed by atoms with Crippen LogP contribution < -0.4 is 5.32 Å². The number of thioether (sulfide) groups is 1. The van der Waals surface area contributed by atoms with Gasteiger partial charge in [0, 0.05) is 53.5 Å². The Hall–Kier alpha value is -1.87. The first-order valence-electron chi connectivity index (χ1n) is 11.2. The van der Waals surface area contributed by atoms with E-state index in [1.807, 2.05) is 36.6 Å². The lowest BCUT2D eigenvalue weighted by molar-refractivity contribution is 0.0124. The fourth-order valence-corrected chi connectivity index (χ4v) is 5.97. The monoisotopic (exact) mass is 473 g/mol. The van der Waals surface area contributed by atoms with Crippen LogP contribution in [0.3, 0.4) is 0 Å². The summed E-state index contributed by atoms with van der Waals surface area (Å²) in [6, 6.07) is 8.16. The van der Waals surface area contributed by atoms with E-state index in [4.69, 9.17) is 9.15 Å². The largest absolute Gasteiger partial charge is 0.451 e. The van der Waals surface area contributed by atoms with Crippen LogP contribution in [0.15, 0.2) is 38.4 Å². The average Bonchev–Trinajstić information content (AvgIpc) is 3.38. The van der Waals surface area contributed by atoms with Gasteiger partial charge in [-0.15, -0.1) is 11.3 Å². The van der Waals surface area contributed by atoms with Crippen LogP contribution in [-0.4, -0.2) is 54.7 Å². The van der Waals surface area contributed by atoms with Crippen LogP contribution in [0, 0.1) is 12.8 Å². The van der Waals surface area contributed by atoms with E-state index in [2.05, 4.69) is 29.0 Å². The number of nitrogens with zero attached hydrogens (tertiary/aromatic N) is 2. The minimum absolute atomic E-state index is 0.144. The van der Waals surface area contributed by atoms with E-state index in [1.165, 1.54) is 0 Å². The van der Waals surface area contributed by atoms with Crippen molar-refractivity contribution >= 4 is 40.0 Å². The van der Waals surface area contributed by atoms with Crippen molar-refractivity contribution in [2.45, 2.75) is 43.3 Å². The van der Waals surface area contributed by atoms with Crippen molar-refractivity contribution in [3.63, 3.8) is 0 Å². The fourth-order valence-electron chi connectivity index (χ4n) is 4.10. The number of furan rings is 1. The van der Waals surface area contributed by atoms with Gasteiger partial charge in [0.1, 0.15) is 9.92 Å². The van der Waals surface area contributed by atoms with Gasteiger partial charge in [-0.25, -0.2) is 4.98 Å². The molecule has 8 heteroatoms. The molecule has 0 aliphatic carbocycles. The number of hydrogen-bond acceptors (Lipinski definition) is 7. The predicted molar refractivity (Wildman–Crippen MR) is 131 cm³/mol. The van der Waals surface area contributed by atoms with Crippen LogP contribution in [0.25, 0.3) is 11.0 Å². The van der Waals surface area contributed by atoms with Crippen molar-refractivity contribution in [3.8, 4) is 0 Å². The SMILES string of the molecule is Cc1csc(SCc2c(C(=O)NCC(CC(C)C)N3CCOCC3)oc3ccccc23)n1. The Kier molecular flexibility index (Phi) is 7.88. The van der Waals surface area contributed by atoms with E-state index < -0.39 is 0 Å². The quantitative estimate of drug-likeness (QED) is 0.443. The van der Waals surface area contributed by atoms with E-state index in [1.54, 1.807) is 23.1 Å². The Balaban J connectivity index is 1.50. The Morgan fingerprint density at radius 3 is 2.78 bits per heavy atom. The summed E-state index contributed by atoms with van der Waals surface area (Å²) >= 11 is 3.28. The number of amides is 1. The second-order valence-electron chi connectivity index (χ2n) is 8.59. The predicted octanol–water partition coefficient (Wildman–Crippen LogP) is 4.97. The Labute approximate surface area is 197 Å². The lowest BCUT2D eigenvalue weighted by Gasteiger charge is -2.35. The summed E-state index contributed by atoms with van der Waals surface area (Å²) < 4.78 is 12.6. The number of carbonyl (C=O) groups excluding carboxylic acids is 1. The van der Waals surface area contributed by atoms with Gasteiger partial charge in [-0.1, -0.05) is 43.8 Å². The number of hydrogen-bond donors (Lipinski definition) is 1. The van der Waals surface area contributed by atoms with Crippen LogP contribution in [0.5, 0.6) is 0 Å². The first-order chi connectivity index (χ1) is 15.5. The number of rotatable bonds is 9. The third-order valence-electron chi connectivity index (χ3n) is 5.65. The normalized spacial score (nSPS) is 16.0. The summed E-state index contributed by atoms with van der Waals surface area (Å²) in [5.41, 5.74) is 2.70. The molecule has 6 nitrogen and oxygen atoms in total. The number of carbonyl (C=O) groups is 1. The van der Waals surface area contributed by atoms with Crippen molar-refractivity contribution in [3.05, 3.63) is 46.7 Å². The number of aromatic nitrogens is 1. The fraction of sp³-hybridized carbons (Fsp3) is 0.500. The van der Waals surface area contributed by atoms with Crippen molar-refractivity contribution in [2.24, 2.45) is 5.92 Å². The molecule has 2 aromatic heterocycles. The van der Waals surface area contributed by atoms with Gasteiger partial charge in [-0.3, -0.25) is 9.69 Å². The Bertz CT molecular complexity index is 1040. The van der Waals surface area contributed by atoms with Crippen LogP contribution in [0.1, 0.15) is 42.1 Å². The number of aryl methyl sites for hydroxylation is 1. The molecule has 3 aromatic rings. The molecule has 1 atom stereocenters. The van der Waals surface area contributed by atoms with Crippen molar-refractivity contribution in [1.29, 1.82) is 0 Å². The molecule has 1 aliphatic heterocycles. The zero-order valence-electron chi connectivity index (χ0n) is 18.9. The lowest BCUT2D eigenvalue weighted by Crippen LogP contribution is -2.49. The molecule has 0 spiro atoms. The number of nitrogens with one attached hydrogen (secondary N) is 1. The molecule has 4 rings (SSSR count). The van der Waals surface area contributed by atoms with Crippen molar-refractivity contribution in [1.82, 2.24) is 15.2 Å². The van der Waals surface area contributed by atoms with Crippen LogP contribution in [-0.2, 0) is 10.5 Å². The molecule has 1 unspecified atom stereocenters. The molecule has 3 heterocycles. The highest BCUT2D eigenvalue weighted by molar-refractivity contribution is 8.00. The zero-order chi connectivity index (χ0) is 22.5. The van der Waals surface area contributed by atoms with Gasteiger partial charge in [-0.05, 0) is 25.3 Å². The van der Waals surface area contributed by atoms with Gasteiger partial charge >= 0.3 is 0 Å². The number of thiazole rings is 1. The van der Waals surface area contributed by atoms with Gasteiger partial charge in [0.25, 0.3) is 5.91 Å². The van der Waals surface area contributed by atoms with E-state index >= 15 is 0 Å². The van der Waals surface area contributed by atoms with Gasteiger partial charge in [0.2, 0.25) is 0 Å². The number of ether oxygens (including phenoxy) is 1. The maximum absolute atomic E-state index is 13.3. The minimum Gasteiger partial charge on any atom is -0.451 e. The third kappa shape index (κ3) is 5.73. The van der Waals surface area contributed by atoms with E-state index in [9.17, 15) is 4.79 Å². The highest BCUT2D eigenvalue weighted by Crippen LogP contribution is 2.33. The maximum atomic E-state index is 13.3. The topological polar surface area (TPSA) is 67.6 Å². The Morgan fingerprint density at radius 2 is 2.06 bits per heavy atom. The summed E-state index contributed by atoms with van der Waals surface area (Å²) in [5, 5.41) is 6.20. The molecule has 0 saturated carbocycles. The molecule has 0 radical (unpaired) electrons. The Morgan fingerprint density at radius 1 is 1.28 bits per heavy atom. The molecule has 172 valence electrons. The molecule has 1 fully saturated rings. The van der Waals surface area contributed by atoms with Crippen molar-refractivity contribution in [2.75, 3.05) is 32.8 Å². The molecule has 1 saturated heterocycles.